The van der Waals surface area contributed by atoms with E-state index in [0.717, 1.165) is 0 Å². The third kappa shape index (κ3) is 4.15. The maximum Gasteiger partial charge on any atom is 0.291 e. The first-order chi connectivity index (χ1) is 10.1. The second kappa shape index (κ2) is 7.37. The number of carbonyl (C=O) groups excluding carboxylic acids is 1. The van der Waals surface area contributed by atoms with Crippen molar-refractivity contribution >= 4 is 28.7 Å². The van der Waals surface area contributed by atoms with Crippen molar-refractivity contribution in [2.24, 2.45) is 0 Å². The molecule has 0 unspecified atom stereocenters. The summed E-state index contributed by atoms with van der Waals surface area (Å²) in [5.74, 6) is -2.86. The van der Waals surface area contributed by atoms with E-state index in [1.54, 1.807) is 24.3 Å². The summed E-state index contributed by atoms with van der Waals surface area (Å²) in [7, 11) is 1.53. The minimum atomic E-state index is -2.59. The van der Waals surface area contributed by atoms with Crippen molar-refractivity contribution in [1.29, 1.82) is 0 Å². The van der Waals surface area contributed by atoms with Crippen LogP contribution in [0.15, 0.2) is 29.4 Å². The Morgan fingerprint density at radius 1 is 1.48 bits per heavy atom. The monoisotopic (exact) mass is 315 g/mol. The van der Waals surface area contributed by atoms with Gasteiger partial charge in [0.2, 0.25) is 5.91 Å². The molecule has 0 spiro atoms. The Balaban J connectivity index is 2.21. The molecule has 1 heterocycles. The summed E-state index contributed by atoms with van der Waals surface area (Å²) in [5, 5.41) is 2.79. The molecule has 0 fully saturated rings. The third-order valence-electron chi connectivity index (χ3n) is 2.74. The summed E-state index contributed by atoms with van der Waals surface area (Å²) < 4.78 is 31.5. The summed E-state index contributed by atoms with van der Waals surface area (Å²) >= 11 is 0.335. The number of imidazole rings is 1. The van der Waals surface area contributed by atoms with Crippen LogP contribution in [0.2, 0.25) is 0 Å². The number of amides is 1. The second-order valence-corrected chi connectivity index (χ2v) is 5.15. The van der Waals surface area contributed by atoms with Gasteiger partial charge in [-0.15, -0.1) is 0 Å². The van der Waals surface area contributed by atoms with Gasteiger partial charge in [-0.2, -0.15) is 8.78 Å². The zero-order valence-electron chi connectivity index (χ0n) is 11.4. The van der Waals surface area contributed by atoms with E-state index in [-0.39, 0.29) is 17.6 Å². The molecule has 0 aliphatic rings. The van der Waals surface area contributed by atoms with Crippen molar-refractivity contribution < 1.29 is 18.3 Å². The van der Waals surface area contributed by atoms with E-state index in [9.17, 15) is 13.6 Å². The minimum Gasteiger partial charge on any atom is -0.383 e. The van der Waals surface area contributed by atoms with Gasteiger partial charge in [0.1, 0.15) is 6.54 Å². The third-order valence-corrected chi connectivity index (χ3v) is 3.44. The molecule has 8 heteroatoms. The molecule has 0 bridgehead atoms. The number of halogens is 2. The summed E-state index contributed by atoms with van der Waals surface area (Å²) in [6.07, 6.45) is 0. The highest BCUT2D eigenvalue weighted by molar-refractivity contribution is 7.99. The molecule has 2 rings (SSSR count). The number of ether oxygens (including phenoxy) is 1. The van der Waals surface area contributed by atoms with Crippen LogP contribution >= 0.6 is 11.8 Å². The van der Waals surface area contributed by atoms with Crippen molar-refractivity contribution in [2.75, 3.05) is 20.3 Å². The van der Waals surface area contributed by atoms with Crippen LogP contribution in [-0.4, -0.2) is 41.5 Å². The Bertz CT molecular complexity index is 618. The predicted octanol–water partition coefficient (Wildman–Crippen LogP) is 2.11. The number of alkyl halides is 2. The zero-order valence-corrected chi connectivity index (χ0v) is 12.2. The van der Waals surface area contributed by atoms with Crippen molar-refractivity contribution in [3.63, 3.8) is 0 Å². The summed E-state index contributed by atoms with van der Waals surface area (Å²) in [4.78, 5) is 16.0. The highest BCUT2D eigenvalue weighted by Gasteiger charge is 2.17. The topological polar surface area (TPSA) is 56.1 Å². The first kappa shape index (κ1) is 15.7. The molecule has 114 valence electrons. The highest BCUT2D eigenvalue weighted by atomic mass is 32.2. The number of aromatic nitrogens is 2. The van der Waals surface area contributed by atoms with Crippen molar-refractivity contribution in [1.82, 2.24) is 14.9 Å². The smallest absolute Gasteiger partial charge is 0.291 e. The Labute approximate surface area is 124 Å². The van der Waals surface area contributed by atoms with E-state index in [2.05, 4.69) is 10.3 Å². The quantitative estimate of drug-likeness (QED) is 0.628. The number of hydrogen-bond acceptors (Lipinski definition) is 4. The number of fused-ring (bicyclic) bond motifs is 1. The van der Waals surface area contributed by atoms with Crippen LogP contribution in [0.1, 0.15) is 0 Å². The van der Waals surface area contributed by atoms with Gasteiger partial charge >= 0.3 is 0 Å². The standard InChI is InChI=1S/C13H15F2N3O2S/c1-20-7-6-16-11(19)8-18-10-5-3-2-4-9(10)17-13(18)21-12(14)15/h2-5,12H,6-8H2,1H3,(H,16,19). The summed E-state index contributed by atoms with van der Waals surface area (Å²) in [6.45, 7) is 0.716. The molecular weight excluding hydrogens is 300 g/mol. The number of methoxy groups -OCH3 is 1. The number of nitrogens with one attached hydrogen (secondary N) is 1. The maximum absolute atomic E-state index is 12.6. The molecule has 21 heavy (non-hydrogen) atoms. The van der Waals surface area contributed by atoms with E-state index < -0.39 is 5.76 Å². The largest absolute Gasteiger partial charge is 0.383 e. The van der Waals surface area contributed by atoms with Crippen molar-refractivity contribution in [3.8, 4) is 0 Å². The van der Waals surface area contributed by atoms with Crippen LogP contribution in [0.4, 0.5) is 8.78 Å². The normalized spacial score (nSPS) is 11.2. The van der Waals surface area contributed by atoms with Gasteiger partial charge in [0.05, 0.1) is 17.6 Å². The van der Waals surface area contributed by atoms with Gasteiger partial charge in [-0.3, -0.25) is 4.79 Å². The lowest BCUT2D eigenvalue weighted by atomic mass is 10.3. The molecule has 0 aliphatic heterocycles. The lowest BCUT2D eigenvalue weighted by Gasteiger charge is -2.09. The molecule has 1 aromatic carbocycles. The maximum atomic E-state index is 12.6. The second-order valence-electron chi connectivity index (χ2n) is 4.19. The Morgan fingerprint density at radius 2 is 2.24 bits per heavy atom. The van der Waals surface area contributed by atoms with Crippen LogP contribution in [0.3, 0.4) is 0 Å². The summed E-state index contributed by atoms with van der Waals surface area (Å²) in [6, 6.07) is 7.03. The number of nitrogens with zero attached hydrogens (tertiary/aromatic N) is 2. The molecule has 0 saturated heterocycles. The molecule has 1 N–H and O–H groups in total. The first-order valence-corrected chi connectivity index (χ1v) is 7.15. The number of hydrogen-bond donors (Lipinski definition) is 1. The molecule has 0 atom stereocenters. The average Bonchev–Trinajstić information content (AvgIpc) is 2.76. The molecule has 0 radical (unpaired) electrons. The first-order valence-electron chi connectivity index (χ1n) is 6.27. The molecule has 5 nitrogen and oxygen atoms in total. The molecule has 0 aliphatic carbocycles. The average molecular weight is 315 g/mol. The molecule has 1 amide bonds. The van der Waals surface area contributed by atoms with Gasteiger partial charge < -0.3 is 14.6 Å². The Kier molecular flexibility index (Phi) is 5.51. The van der Waals surface area contributed by atoms with Crippen LogP contribution < -0.4 is 5.32 Å². The lowest BCUT2D eigenvalue weighted by molar-refractivity contribution is -0.121. The van der Waals surface area contributed by atoms with Crippen LogP contribution in [0.5, 0.6) is 0 Å². The van der Waals surface area contributed by atoms with Crippen molar-refractivity contribution in [3.05, 3.63) is 24.3 Å². The molecule has 0 saturated carbocycles. The number of thioether (sulfide) groups is 1. The van der Waals surface area contributed by atoms with E-state index in [0.29, 0.717) is 35.9 Å². The number of benzene rings is 1. The highest BCUT2D eigenvalue weighted by Crippen LogP contribution is 2.28. The van der Waals surface area contributed by atoms with E-state index in [1.807, 2.05) is 0 Å². The number of para-hydroxylation sites is 2. The molecule has 2 aromatic rings. The summed E-state index contributed by atoms with van der Waals surface area (Å²) in [5.41, 5.74) is 1.24. The predicted molar refractivity (Wildman–Crippen MR) is 76.5 cm³/mol. The van der Waals surface area contributed by atoms with E-state index >= 15 is 0 Å². The van der Waals surface area contributed by atoms with Gasteiger partial charge in [-0.1, -0.05) is 12.1 Å². The van der Waals surface area contributed by atoms with Crippen LogP contribution in [-0.2, 0) is 16.1 Å². The van der Waals surface area contributed by atoms with Crippen LogP contribution in [0, 0.1) is 0 Å². The molecular formula is C13H15F2N3O2S. The fourth-order valence-electron chi connectivity index (χ4n) is 1.87. The van der Waals surface area contributed by atoms with Gasteiger partial charge in [-0.25, -0.2) is 4.98 Å². The number of carbonyl (C=O) groups is 1. The van der Waals surface area contributed by atoms with Crippen LogP contribution in [0.25, 0.3) is 11.0 Å². The number of rotatable bonds is 7. The lowest BCUT2D eigenvalue weighted by Crippen LogP contribution is -2.30. The Hall–Kier alpha value is -1.67. The van der Waals surface area contributed by atoms with E-state index in [1.165, 1.54) is 11.7 Å². The van der Waals surface area contributed by atoms with Gasteiger partial charge in [-0.05, 0) is 23.9 Å². The van der Waals surface area contributed by atoms with Gasteiger partial charge in [0.15, 0.2) is 5.16 Å². The van der Waals surface area contributed by atoms with E-state index in [4.69, 9.17) is 4.74 Å². The molecule has 1 aromatic heterocycles. The minimum absolute atomic E-state index is 0.0563. The SMILES string of the molecule is COCCNC(=O)Cn1c(SC(F)F)nc2ccccc21. The van der Waals surface area contributed by atoms with Gasteiger partial charge in [0.25, 0.3) is 5.76 Å². The van der Waals surface area contributed by atoms with Gasteiger partial charge in [0, 0.05) is 13.7 Å². The fraction of sp³-hybridized carbons (Fsp3) is 0.385. The Morgan fingerprint density at radius 3 is 2.95 bits per heavy atom. The fourth-order valence-corrected chi connectivity index (χ4v) is 2.47. The van der Waals surface area contributed by atoms with Crippen molar-refractivity contribution in [2.45, 2.75) is 17.5 Å². The zero-order chi connectivity index (χ0) is 15.2.